The normalized spacial score (nSPS) is 10.5. The summed E-state index contributed by atoms with van der Waals surface area (Å²) in [7, 11) is 1.70. The van der Waals surface area contributed by atoms with Crippen molar-refractivity contribution >= 4 is 5.78 Å². The zero-order valence-corrected chi connectivity index (χ0v) is 9.15. The minimum Gasteiger partial charge on any atom is -0.292 e. The van der Waals surface area contributed by atoms with Crippen LogP contribution in [0.4, 0.5) is 8.78 Å². The summed E-state index contributed by atoms with van der Waals surface area (Å²) in [6.45, 7) is 0. The molecule has 0 aliphatic heterocycles. The number of hydrogen-bond acceptors (Lipinski definition) is 2. The smallest absolute Gasteiger partial charge is 0.187 e. The van der Waals surface area contributed by atoms with Gasteiger partial charge in [-0.25, -0.2) is 8.78 Å². The van der Waals surface area contributed by atoms with Gasteiger partial charge in [0.05, 0.1) is 0 Å². The first-order chi connectivity index (χ1) is 8.06. The summed E-state index contributed by atoms with van der Waals surface area (Å²) in [6, 6.07) is 5.01. The molecule has 0 aliphatic rings. The molecule has 0 N–H and O–H groups in total. The van der Waals surface area contributed by atoms with Crippen LogP contribution in [0, 0.1) is 11.6 Å². The van der Waals surface area contributed by atoms with E-state index in [1.54, 1.807) is 19.3 Å². The van der Waals surface area contributed by atoms with E-state index in [-0.39, 0.29) is 12.2 Å². The lowest BCUT2D eigenvalue weighted by Crippen LogP contribution is -2.05. The van der Waals surface area contributed by atoms with Crippen molar-refractivity contribution in [2.24, 2.45) is 7.05 Å². The van der Waals surface area contributed by atoms with Gasteiger partial charge in [0.25, 0.3) is 0 Å². The molecule has 0 bridgehead atoms. The van der Waals surface area contributed by atoms with Crippen LogP contribution in [0.1, 0.15) is 16.1 Å². The molecule has 0 unspecified atom stereocenters. The van der Waals surface area contributed by atoms with Gasteiger partial charge in [0.2, 0.25) is 0 Å². The highest BCUT2D eigenvalue weighted by atomic mass is 19.2. The third-order valence-corrected chi connectivity index (χ3v) is 2.35. The van der Waals surface area contributed by atoms with Crippen LogP contribution < -0.4 is 0 Å². The number of aryl methyl sites for hydroxylation is 1. The second-order valence-electron chi connectivity index (χ2n) is 3.72. The predicted molar refractivity (Wildman–Crippen MR) is 57.6 cm³/mol. The Kier molecular flexibility index (Phi) is 2.99. The topological polar surface area (TPSA) is 34.9 Å². The summed E-state index contributed by atoms with van der Waals surface area (Å²) >= 11 is 0. The van der Waals surface area contributed by atoms with Crippen LogP contribution in [0.5, 0.6) is 0 Å². The maximum absolute atomic E-state index is 12.9. The summed E-state index contributed by atoms with van der Waals surface area (Å²) < 4.78 is 27.1. The van der Waals surface area contributed by atoms with Gasteiger partial charge in [-0.15, -0.1) is 0 Å². The molecule has 88 valence electrons. The molecule has 1 aromatic carbocycles. The van der Waals surface area contributed by atoms with Gasteiger partial charge in [0.15, 0.2) is 17.4 Å². The molecule has 3 nitrogen and oxygen atoms in total. The van der Waals surface area contributed by atoms with Gasteiger partial charge in [-0.3, -0.25) is 9.48 Å². The van der Waals surface area contributed by atoms with Crippen LogP contribution in [0.15, 0.2) is 30.5 Å². The molecule has 2 rings (SSSR count). The minimum atomic E-state index is -0.948. The number of benzene rings is 1. The van der Waals surface area contributed by atoms with E-state index in [1.807, 2.05) is 0 Å². The molecule has 1 aromatic heterocycles. The van der Waals surface area contributed by atoms with Gasteiger partial charge in [-0.1, -0.05) is 6.07 Å². The highest BCUT2D eigenvalue weighted by Crippen LogP contribution is 2.11. The fourth-order valence-electron chi connectivity index (χ4n) is 1.49. The molecule has 17 heavy (non-hydrogen) atoms. The molecule has 1 heterocycles. The van der Waals surface area contributed by atoms with E-state index in [0.29, 0.717) is 11.3 Å². The third-order valence-electron chi connectivity index (χ3n) is 2.35. The predicted octanol–water partition coefficient (Wildman–Crippen LogP) is 2.12. The van der Waals surface area contributed by atoms with E-state index in [9.17, 15) is 13.6 Å². The van der Waals surface area contributed by atoms with Crippen LogP contribution >= 0.6 is 0 Å². The summed E-state index contributed by atoms with van der Waals surface area (Å²) in [6.07, 6.45) is 1.66. The van der Waals surface area contributed by atoms with Crippen LogP contribution in [-0.2, 0) is 13.5 Å². The van der Waals surface area contributed by atoms with Gasteiger partial charge >= 0.3 is 0 Å². The van der Waals surface area contributed by atoms with Crippen molar-refractivity contribution in [3.8, 4) is 0 Å². The number of nitrogens with zero attached hydrogens (tertiary/aromatic N) is 2. The molecule has 0 spiro atoms. The van der Waals surface area contributed by atoms with E-state index < -0.39 is 11.6 Å². The number of carbonyl (C=O) groups is 1. The Hall–Kier alpha value is -2.04. The molecular weight excluding hydrogens is 226 g/mol. The van der Waals surface area contributed by atoms with Gasteiger partial charge in [0.1, 0.15) is 5.69 Å². The molecule has 0 radical (unpaired) electrons. The number of hydrogen-bond donors (Lipinski definition) is 0. The van der Waals surface area contributed by atoms with Gasteiger partial charge < -0.3 is 0 Å². The highest BCUT2D eigenvalue weighted by Gasteiger charge is 2.11. The standard InChI is InChI=1S/C12H10F2N2O/c1-16-5-4-11(15-16)12(17)7-8-2-3-9(13)10(14)6-8/h2-6H,7H2,1H3. The summed E-state index contributed by atoms with van der Waals surface area (Å²) in [5.41, 5.74) is 0.747. The van der Waals surface area contributed by atoms with Crippen LogP contribution in [-0.4, -0.2) is 15.6 Å². The van der Waals surface area contributed by atoms with E-state index in [1.165, 1.54) is 10.7 Å². The monoisotopic (exact) mass is 236 g/mol. The number of carbonyl (C=O) groups excluding carboxylic acids is 1. The Balaban J connectivity index is 2.15. The fourth-order valence-corrected chi connectivity index (χ4v) is 1.49. The lowest BCUT2D eigenvalue weighted by Gasteiger charge is -2.00. The van der Waals surface area contributed by atoms with Crippen molar-refractivity contribution in [3.05, 3.63) is 53.4 Å². The van der Waals surface area contributed by atoms with Crippen molar-refractivity contribution in [2.45, 2.75) is 6.42 Å². The fraction of sp³-hybridized carbons (Fsp3) is 0.167. The van der Waals surface area contributed by atoms with E-state index in [2.05, 4.69) is 5.10 Å². The first-order valence-corrected chi connectivity index (χ1v) is 5.03. The van der Waals surface area contributed by atoms with E-state index >= 15 is 0 Å². The third kappa shape index (κ3) is 2.55. The summed E-state index contributed by atoms with van der Waals surface area (Å²) in [4.78, 5) is 11.7. The first kappa shape index (κ1) is 11.4. The van der Waals surface area contributed by atoms with Gasteiger partial charge in [0, 0.05) is 19.7 Å². The molecule has 5 heteroatoms. The second kappa shape index (κ2) is 4.45. The van der Waals surface area contributed by atoms with E-state index in [4.69, 9.17) is 0 Å². The molecule has 0 saturated carbocycles. The van der Waals surface area contributed by atoms with E-state index in [0.717, 1.165) is 12.1 Å². The molecular formula is C12H10F2N2O. The molecule has 0 saturated heterocycles. The Morgan fingerprint density at radius 2 is 2.06 bits per heavy atom. The zero-order chi connectivity index (χ0) is 12.4. The minimum absolute atomic E-state index is 0.00815. The first-order valence-electron chi connectivity index (χ1n) is 5.03. The Labute approximate surface area is 96.7 Å². The lowest BCUT2D eigenvalue weighted by atomic mass is 10.1. The van der Waals surface area contributed by atoms with Crippen molar-refractivity contribution in [3.63, 3.8) is 0 Å². The summed E-state index contributed by atoms with van der Waals surface area (Å²) in [5.74, 6) is -2.09. The second-order valence-corrected chi connectivity index (χ2v) is 3.72. The maximum Gasteiger partial charge on any atom is 0.187 e. The molecule has 0 aliphatic carbocycles. The number of aromatic nitrogens is 2. The molecule has 0 fully saturated rings. The number of ketones is 1. The van der Waals surface area contributed by atoms with Crippen molar-refractivity contribution in [1.82, 2.24) is 9.78 Å². The largest absolute Gasteiger partial charge is 0.292 e. The molecule has 0 atom stereocenters. The number of halogens is 2. The van der Waals surface area contributed by atoms with Crippen molar-refractivity contribution in [1.29, 1.82) is 0 Å². The van der Waals surface area contributed by atoms with Crippen molar-refractivity contribution in [2.75, 3.05) is 0 Å². The Morgan fingerprint density at radius 3 is 2.65 bits per heavy atom. The van der Waals surface area contributed by atoms with Crippen molar-refractivity contribution < 1.29 is 13.6 Å². The summed E-state index contributed by atoms with van der Waals surface area (Å²) in [5, 5.41) is 3.95. The highest BCUT2D eigenvalue weighted by molar-refractivity contribution is 5.95. The van der Waals surface area contributed by atoms with Crippen LogP contribution in [0.2, 0.25) is 0 Å². The molecule has 2 aromatic rings. The average Bonchev–Trinajstić information content (AvgIpc) is 2.70. The maximum atomic E-state index is 12.9. The zero-order valence-electron chi connectivity index (χ0n) is 9.15. The quantitative estimate of drug-likeness (QED) is 0.765. The Morgan fingerprint density at radius 1 is 1.29 bits per heavy atom. The van der Waals surface area contributed by atoms with Crippen LogP contribution in [0.3, 0.4) is 0 Å². The average molecular weight is 236 g/mol. The number of rotatable bonds is 3. The van der Waals surface area contributed by atoms with Crippen LogP contribution in [0.25, 0.3) is 0 Å². The number of Topliss-reactive ketones (excluding diaryl/α,β-unsaturated/α-hetero) is 1. The van der Waals surface area contributed by atoms with Gasteiger partial charge in [-0.2, -0.15) is 5.10 Å². The lowest BCUT2D eigenvalue weighted by molar-refractivity contribution is 0.0987. The Bertz CT molecular complexity index is 563. The molecule has 0 amide bonds. The SMILES string of the molecule is Cn1ccc(C(=O)Cc2ccc(F)c(F)c2)n1. The van der Waals surface area contributed by atoms with Gasteiger partial charge in [-0.05, 0) is 23.8 Å².